The van der Waals surface area contributed by atoms with Gasteiger partial charge in [-0.05, 0) is 12.5 Å². The van der Waals surface area contributed by atoms with Gasteiger partial charge in [-0.3, -0.25) is 0 Å². The van der Waals surface area contributed by atoms with Crippen LogP contribution in [-0.2, 0) is 6.61 Å². The molecule has 0 atom stereocenters. The van der Waals surface area contributed by atoms with E-state index < -0.39 is 0 Å². The molecule has 1 aliphatic heterocycles. The lowest BCUT2D eigenvalue weighted by molar-refractivity contribution is 0.281. The van der Waals surface area contributed by atoms with E-state index >= 15 is 0 Å². The Morgan fingerprint density at radius 1 is 1.38 bits per heavy atom. The van der Waals surface area contributed by atoms with Gasteiger partial charge >= 0.3 is 0 Å². The quantitative estimate of drug-likeness (QED) is 0.747. The van der Waals surface area contributed by atoms with Crippen LogP contribution in [-0.4, -0.2) is 18.2 Å². The van der Waals surface area contributed by atoms with E-state index in [9.17, 15) is 4.39 Å². The second kappa shape index (κ2) is 3.34. The highest BCUT2D eigenvalue weighted by Crippen LogP contribution is 2.28. The third kappa shape index (κ3) is 1.40. The normalized spacial score (nSPS) is 15.7. The van der Waals surface area contributed by atoms with Crippen molar-refractivity contribution in [2.75, 3.05) is 18.0 Å². The number of aliphatic hydroxyl groups excluding tert-OH is 1. The van der Waals surface area contributed by atoms with Crippen molar-refractivity contribution in [1.29, 1.82) is 0 Å². The van der Waals surface area contributed by atoms with Crippen molar-refractivity contribution in [2.45, 2.75) is 13.0 Å². The lowest BCUT2D eigenvalue weighted by atomic mass is 10.1. The number of halogens is 1. The summed E-state index contributed by atoms with van der Waals surface area (Å²) in [5.41, 5.74) is 1.26. The van der Waals surface area contributed by atoms with Gasteiger partial charge in [-0.2, -0.15) is 0 Å². The molecule has 0 aromatic heterocycles. The summed E-state index contributed by atoms with van der Waals surface area (Å²) < 4.78 is 13.4. The molecule has 1 aromatic carbocycles. The van der Waals surface area contributed by atoms with Gasteiger partial charge in [-0.15, -0.1) is 0 Å². The standard InChI is InChI=1S/C10H12FNO/c11-9-4-1-3-8(7-13)10(9)12-5-2-6-12/h1,3-4,13H,2,5-7H2. The summed E-state index contributed by atoms with van der Waals surface area (Å²) in [6.07, 6.45) is 1.11. The Hall–Kier alpha value is -1.09. The van der Waals surface area contributed by atoms with Crippen LogP contribution >= 0.6 is 0 Å². The van der Waals surface area contributed by atoms with Gasteiger partial charge in [0.25, 0.3) is 0 Å². The number of anilines is 1. The number of hydrogen-bond donors (Lipinski definition) is 1. The van der Waals surface area contributed by atoms with E-state index in [0.717, 1.165) is 19.5 Å². The Morgan fingerprint density at radius 2 is 2.15 bits per heavy atom. The van der Waals surface area contributed by atoms with Crippen LogP contribution in [0.25, 0.3) is 0 Å². The van der Waals surface area contributed by atoms with Crippen molar-refractivity contribution in [2.24, 2.45) is 0 Å². The maximum absolute atomic E-state index is 13.4. The van der Waals surface area contributed by atoms with Crippen LogP contribution in [0.4, 0.5) is 10.1 Å². The number of para-hydroxylation sites is 1. The minimum absolute atomic E-state index is 0.0937. The fourth-order valence-corrected chi connectivity index (χ4v) is 1.58. The van der Waals surface area contributed by atoms with Crippen molar-refractivity contribution in [3.05, 3.63) is 29.6 Å². The first kappa shape index (κ1) is 8.51. The van der Waals surface area contributed by atoms with Crippen molar-refractivity contribution in [3.8, 4) is 0 Å². The van der Waals surface area contributed by atoms with Crippen LogP contribution < -0.4 is 4.90 Å². The minimum Gasteiger partial charge on any atom is -0.392 e. The summed E-state index contributed by atoms with van der Waals surface area (Å²) >= 11 is 0. The van der Waals surface area contributed by atoms with Crippen LogP contribution in [0, 0.1) is 5.82 Å². The first-order valence-electron chi connectivity index (χ1n) is 4.46. The van der Waals surface area contributed by atoms with Crippen LogP contribution in [0.2, 0.25) is 0 Å². The second-order valence-electron chi connectivity index (χ2n) is 3.25. The monoisotopic (exact) mass is 181 g/mol. The molecule has 1 N–H and O–H groups in total. The van der Waals surface area contributed by atoms with Gasteiger partial charge in [0.05, 0.1) is 12.3 Å². The van der Waals surface area contributed by atoms with E-state index in [1.54, 1.807) is 12.1 Å². The van der Waals surface area contributed by atoms with Crippen LogP contribution in [0.1, 0.15) is 12.0 Å². The third-order valence-electron chi connectivity index (χ3n) is 2.41. The highest BCUT2D eigenvalue weighted by Gasteiger charge is 2.20. The van der Waals surface area contributed by atoms with E-state index in [1.807, 2.05) is 4.90 Å². The maximum Gasteiger partial charge on any atom is 0.146 e. The minimum atomic E-state index is -0.230. The fourth-order valence-electron chi connectivity index (χ4n) is 1.58. The van der Waals surface area contributed by atoms with Gasteiger partial charge in [0.15, 0.2) is 0 Å². The van der Waals surface area contributed by atoms with Crippen LogP contribution in [0.5, 0.6) is 0 Å². The van der Waals surface area contributed by atoms with E-state index in [4.69, 9.17) is 5.11 Å². The van der Waals surface area contributed by atoms with Gasteiger partial charge in [0.2, 0.25) is 0 Å². The Balaban J connectivity index is 2.39. The first-order valence-corrected chi connectivity index (χ1v) is 4.46. The van der Waals surface area contributed by atoms with Crippen molar-refractivity contribution in [1.82, 2.24) is 0 Å². The number of nitrogens with zero attached hydrogens (tertiary/aromatic N) is 1. The molecule has 0 amide bonds. The zero-order valence-corrected chi connectivity index (χ0v) is 7.33. The number of hydrogen-bond acceptors (Lipinski definition) is 2. The Kier molecular flexibility index (Phi) is 2.19. The summed E-state index contributed by atoms with van der Waals surface area (Å²) in [6.45, 7) is 1.70. The summed E-state index contributed by atoms with van der Waals surface area (Å²) in [5, 5.41) is 9.02. The predicted octanol–water partition coefficient (Wildman–Crippen LogP) is 1.53. The molecule has 13 heavy (non-hydrogen) atoms. The van der Waals surface area contributed by atoms with Gasteiger partial charge in [-0.1, -0.05) is 12.1 Å². The average molecular weight is 181 g/mol. The van der Waals surface area contributed by atoms with Crippen LogP contribution in [0.3, 0.4) is 0 Å². The molecule has 0 unspecified atom stereocenters. The Bertz CT molecular complexity index is 310. The molecule has 1 heterocycles. The number of aliphatic hydroxyl groups is 1. The smallest absolute Gasteiger partial charge is 0.146 e. The molecule has 70 valence electrons. The molecule has 3 heteroatoms. The van der Waals surface area contributed by atoms with Crippen molar-refractivity contribution >= 4 is 5.69 Å². The molecule has 1 aliphatic rings. The average Bonchev–Trinajstić information content (AvgIpc) is 2.05. The maximum atomic E-state index is 13.4. The molecule has 0 bridgehead atoms. The Labute approximate surface area is 76.6 Å². The predicted molar refractivity (Wildman–Crippen MR) is 49.2 cm³/mol. The van der Waals surface area contributed by atoms with E-state index in [0.29, 0.717) is 11.3 Å². The van der Waals surface area contributed by atoms with E-state index in [1.165, 1.54) is 6.07 Å². The van der Waals surface area contributed by atoms with Gasteiger partial charge in [-0.25, -0.2) is 4.39 Å². The largest absolute Gasteiger partial charge is 0.392 e. The summed E-state index contributed by atoms with van der Waals surface area (Å²) in [5.74, 6) is -0.230. The Morgan fingerprint density at radius 3 is 2.69 bits per heavy atom. The molecule has 1 aromatic rings. The molecule has 0 saturated carbocycles. The highest BCUT2D eigenvalue weighted by molar-refractivity contribution is 5.56. The molecule has 0 radical (unpaired) electrons. The van der Waals surface area contributed by atoms with Crippen molar-refractivity contribution < 1.29 is 9.50 Å². The zero-order valence-electron chi connectivity index (χ0n) is 7.33. The molecule has 2 nitrogen and oxygen atoms in total. The van der Waals surface area contributed by atoms with Gasteiger partial charge in [0, 0.05) is 18.7 Å². The lowest BCUT2D eigenvalue weighted by Crippen LogP contribution is -2.38. The fraction of sp³-hybridized carbons (Fsp3) is 0.400. The highest BCUT2D eigenvalue weighted by atomic mass is 19.1. The lowest BCUT2D eigenvalue weighted by Gasteiger charge is -2.34. The molecule has 2 rings (SSSR count). The third-order valence-corrected chi connectivity index (χ3v) is 2.41. The van der Waals surface area contributed by atoms with Crippen LogP contribution in [0.15, 0.2) is 18.2 Å². The van der Waals surface area contributed by atoms with Crippen molar-refractivity contribution in [3.63, 3.8) is 0 Å². The summed E-state index contributed by atoms with van der Waals surface area (Å²) in [7, 11) is 0. The topological polar surface area (TPSA) is 23.5 Å². The van der Waals surface area contributed by atoms with Gasteiger partial charge in [0.1, 0.15) is 5.82 Å². The zero-order chi connectivity index (χ0) is 9.26. The van der Waals surface area contributed by atoms with Gasteiger partial charge < -0.3 is 10.0 Å². The van der Waals surface area contributed by atoms with E-state index in [2.05, 4.69) is 0 Å². The second-order valence-corrected chi connectivity index (χ2v) is 3.25. The molecular weight excluding hydrogens is 169 g/mol. The number of rotatable bonds is 2. The molecule has 0 spiro atoms. The van der Waals surface area contributed by atoms with E-state index in [-0.39, 0.29) is 12.4 Å². The SMILES string of the molecule is OCc1cccc(F)c1N1CCC1. The molecule has 1 saturated heterocycles. The summed E-state index contributed by atoms with van der Waals surface area (Å²) in [4.78, 5) is 1.96. The molecular formula is C10H12FNO. The molecule has 1 fully saturated rings. The first-order chi connectivity index (χ1) is 6.33. The summed E-state index contributed by atoms with van der Waals surface area (Å²) in [6, 6.07) is 4.83. The number of benzene rings is 1. The molecule has 0 aliphatic carbocycles.